The molecule has 0 bridgehead atoms. The fraction of sp³-hybridized carbons (Fsp3) is 0.538. The van der Waals surface area contributed by atoms with Crippen molar-refractivity contribution in [2.45, 2.75) is 20.0 Å². The van der Waals surface area contributed by atoms with Crippen LogP contribution in [0.15, 0.2) is 18.2 Å². The van der Waals surface area contributed by atoms with E-state index in [0.717, 1.165) is 31.0 Å². The predicted octanol–water partition coefficient (Wildman–Crippen LogP) is 0.652. The van der Waals surface area contributed by atoms with Crippen LogP contribution in [0.2, 0.25) is 0 Å². The van der Waals surface area contributed by atoms with Crippen molar-refractivity contribution in [1.29, 1.82) is 0 Å². The molecule has 2 rings (SSSR count). The molecule has 1 amide bonds. The molecule has 0 atom stereocenters. The highest BCUT2D eigenvalue weighted by Crippen LogP contribution is 2.13. The van der Waals surface area contributed by atoms with Crippen LogP contribution in [0.1, 0.15) is 11.4 Å². The molecule has 0 radical (unpaired) electrons. The van der Waals surface area contributed by atoms with Gasteiger partial charge in [-0.1, -0.05) is 6.08 Å². The highest BCUT2D eigenvalue weighted by Gasteiger charge is 2.19. The van der Waals surface area contributed by atoms with Crippen LogP contribution in [0.3, 0.4) is 0 Å². The number of fused-ring (bicyclic) bond motifs is 1. The quantitative estimate of drug-likeness (QED) is 0.738. The third kappa shape index (κ3) is 2.98. The average molecular weight is 248 g/mol. The molecule has 0 saturated carbocycles. The normalized spacial score (nSPS) is 15.4. The molecule has 0 spiro atoms. The molecule has 1 aromatic heterocycles. The van der Waals surface area contributed by atoms with Gasteiger partial charge in [-0.05, 0) is 27.1 Å². The predicted molar refractivity (Wildman–Crippen MR) is 70.1 cm³/mol. The van der Waals surface area contributed by atoms with E-state index in [0.29, 0.717) is 6.54 Å². The van der Waals surface area contributed by atoms with Gasteiger partial charge in [0.15, 0.2) is 0 Å². The van der Waals surface area contributed by atoms with Crippen LogP contribution in [0.25, 0.3) is 0 Å². The largest absolute Gasteiger partial charge is 0.331 e. The van der Waals surface area contributed by atoms with E-state index in [4.69, 9.17) is 0 Å². The maximum atomic E-state index is 12.0. The number of rotatable bonds is 3. The van der Waals surface area contributed by atoms with Crippen molar-refractivity contribution in [1.82, 2.24) is 19.6 Å². The Kier molecular flexibility index (Phi) is 3.81. The molecular formula is C13H20N4O. The minimum absolute atomic E-state index is 0.0851. The van der Waals surface area contributed by atoms with Gasteiger partial charge in [0.2, 0.25) is 5.91 Å². The fourth-order valence-electron chi connectivity index (χ4n) is 2.07. The molecule has 1 aromatic rings. The lowest BCUT2D eigenvalue weighted by Crippen LogP contribution is -2.37. The summed E-state index contributed by atoms with van der Waals surface area (Å²) in [4.78, 5) is 15.9. The Morgan fingerprint density at radius 2 is 2.28 bits per heavy atom. The lowest BCUT2D eigenvalue weighted by atomic mass is 10.2. The van der Waals surface area contributed by atoms with E-state index < -0.39 is 0 Å². The zero-order chi connectivity index (χ0) is 13.1. The molecule has 0 saturated heterocycles. The Morgan fingerprint density at radius 3 is 3.00 bits per heavy atom. The molecule has 0 fully saturated rings. The van der Waals surface area contributed by atoms with E-state index in [2.05, 4.69) is 5.10 Å². The van der Waals surface area contributed by atoms with Crippen LogP contribution in [0, 0.1) is 6.92 Å². The molecular weight excluding hydrogens is 228 g/mol. The highest BCUT2D eigenvalue weighted by atomic mass is 16.2. The topological polar surface area (TPSA) is 41.4 Å². The van der Waals surface area contributed by atoms with Gasteiger partial charge in [0.1, 0.15) is 0 Å². The summed E-state index contributed by atoms with van der Waals surface area (Å²) >= 11 is 0. The van der Waals surface area contributed by atoms with Crippen molar-refractivity contribution in [3.8, 4) is 0 Å². The molecule has 0 aliphatic carbocycles. The molecule has 5 nitrogen and oxygen atoms in total. The first-order chi connectivity index (χ1) is 8.56. The fourth-order valence-corrected chi connectivity index (χ4v) is 2.07. The Morgan fingerprint density at radius 1 is 1.50 bits per heavy atom. The Balaban J connectivity index is 1.96. The standard InChI is InChI=1S/C13H20N4O/c1-11-9-12-10-16(7-8-17(12)14-11)13(18)5-4-6-15(2)3/h4-5,9H,6-8,10H2,1-3H3/b5-4+. The number of carbonyl (C=O) groups is 1. The van der Waals surface area contributed by atoms with Gasteiger partial charge in [-0.3, -0.25) is 9.48 Å². The molecule has 1 aliphatic rings. The Hall–Kier alpha value is -1.62. The smallest absolute Gasteiger partial charge is 0.246 e. The van der Waals surface area contributed by atoms with Crippen molar-refractivity contribution in [3.05, 3.63) is 29.6 Å². The third-order valence-corrected chi connectivity index (χ3v) is 2.96. The molecule has 0 aromatic carbocycles. The molecule has 2 heterocycles. The summed E-state index contributed by atoms with van der Waals surface area (Å²) in [6.45, 7) is 4.95. The monoisotopic (exact) mass is 248 g/mol. The number of likely N-dealkylation sites (N-methyl/N-ethyl adjacent to an activating group) is 1. The van der Waals surface area contributed by atoms with Crippen molar-refractivity contribution < 1.29 is 4.79 Å². The van der Waals surface area contributed by atoms with Gasteiger partial charge in [-0.15, -0.1) is 0 Å². The maximum absolute atomic E-state index is 12.0. The van der Waals surface area contributed by atoms with E-state index in [1.54, 1.807) is 6.08 Å². The molecule has 5 heteroatoms. The van der Waals surface area contributed by atoms with Gasteiger partial charge in [0, 0.05) is 19.2 Å². The second-order valence-corrected chi connectivity index (χ2v) is 4.92. The Labute approximate surface area is 108 Å². The van der Waals surface area contributed by atoms with E-state index in [1.165, 1.54) is 0 Å². The van der Waals surface area contributed by atoms with Crippen LogP contribution in [0.5, 0.6) is 0 Å². The number of carbonyl (C=O) groups excluding carboxylic acids is 1. The number of amides is 1. The molecule has 0 unspecified atom stereocenters. The minimum Gasteiger partial charge on any atom is -0.331 e. The Bertz CT molecular complexity index is 462. The van der Waals surface area contributed by atoms with Gasteiger partial charge >= 0.3 is 0 Å². The number of nitrogens with zero attached hydrogens (tertiary/aromatic N) is 4. The first-order valence-corrected chi connectivity index (χ1v) is 6.20. The van der Waals surface area contributed by atoms with Gasteiger partial charge in [0.05, 0.1) is 24.5 Å². The van der Waals surface area contributed by atoms with Crippen LogP contribution in [-0.4, -0.2) is 52.7 Å². The van der Waals surface area contributed by atoms with Crippen molar-refractivity contribution in [2.75, 3.05) is 27.2 Å². The van der Waals surface area contributed by atoms with Crippen molar-refractivity contribution >= 4 is 5.91 Å². The summed E-state index contributed by atoms with van der Waals surface area (Å²) < 4.78 is 1.99. The second kappa shape index (κ2) is 5.35. The van der Waals surface area contributed by atoms with E-state index >= 15 is 0 Å². The van der Waals surface area contributed by atoms with Crippen LogP contribution in [0.4, 0.5) is 0 Å². The van der Waals surface area contributed by atoms with Crippen LogP contribution in [-0.2, 0) is 17.9 Å². The zero-order valence-electron chi connectivity index (χ0n) is 11.3. The maximum Gasteiger partial charge on any atom is 0.246 e. The van der Waals surface area contributed by atoms with Gasteiger partial charge in [-0.25, -0.2) is 0 Å². The summed E-state index contributed by atoms with van der Waals surface area (Å²) in [5.74, 6) is 0.0851. The molecule has 0 N–H and O–H groups in total. The minimum atomic E-state index is 0.0851. The van der Waals surface area contributed by atoms with Gasteiger partial charge in [-0.2, -0.15) is 5.10 Å². The zero-order valence-corrected chi connectivity index (χ0v) is 11.3. The first kappa shape index (κ1) is 12.8. The number of hydrogen-bond acceptors (Lipinski definition) is 3. The highest BCUT2D eigenvalue weighted by molar-refractivity contribution is 5.87. The van der Waals surface area contributed by atoms with Crippen molar-refractivity contribution in [3.63, 3.8) is 0 Å². The van der Waals surface area contributed by atoms with E-state index in [-0.39, 0.29) is 5.91 Å². The molecule has 18 heavy (non-hydrogen) atoms. The van der Waals surface area contributed by atoms with Crippen LogP contribution >= 0.6 is 0 Å². The summed E-state index contributed by atoms with van der Waals surface area (Å²) in [6.07, 6.45) is 3.57. The lowest BCUT2D eigenvalue weighted by Gasteiger charge is -2.26. The summed E-state index contributed by atoms with van der Waals surface area (Å²) in [6, 6.07) is 2.04. The van der Waals surface area contributed by atoms with Gasteiger partial charge in [0.25, 0.3) is 0 Å². The summed E-state index contributed by atoms with van der Waals surface area (Å²) in [5.41, 5.74) is 2.13. The third-order valence-electron chi connectivity index (χ3n) is 2.96. The van der Waals surface area contributed by atoms with E-state index in [9.17, 15) is 4.79 Å². The van der Waals surface area contributed by atoms with Crippen LogP contribution < -0.4 is 0 Å². The van der Waals surface area contributed by atoms with Crippen molar-refractivity contribution in [2.24, 2.45) is 0 Å². The SMILES string of the molecule is Cc1cc2n(n1)CCN(C(=O)/C=C/CN(C)C)C2. The van der Waals surface area contributed by atoms with E-state index in [1.807, 2.05) is 47.6 Å². The molecule has 98 valence electrons. The number of hydrogen-bond donors (Lipinski definition) is 0. The molecule has 1 aliphatic heterocycles. The number of aryl methyl sites for hydroxylation is 1. The summed E-state index contributed by atoms with van der Waals surface area (Å²) in [5, 5.41) is 4.38. The average Bonchev–Trinajstić information content (AvgIpc) is 2.67. The first-order valence-electron chi connectivity index (χ1n) is 6.20. The second-order valence-electron chi connectivity index (χ2n) is 4.92. The summed E-state index contributed by atoms with van der Waals surface area (Å²) in [7, 11) is 3.97. The lowest BCUT2D eigenvalue weighted by molar-refractivity contribution is -0.127. The number of aromatic nitrogens is 2. The van der Waals surface area contributed by atoms with Gasteiger partial charge < -0.3 is 9.80 Å².